The Kier molecular flexibility index (Phi) is 4.63. The zero-order valence-electron chi connectivity index (χ0n) is 10.7. The van der Waals surface area contributed by atoms with Crippen molar-refractivity contribution in [2.45, 2.75) is 64.5 Å². The quantitative estimate of drug-likeness (QED) is 0.784. The topological polar surface area (TPSA) is 38.3 Å². The van der Waals surface area contributed by atoms with Crippen molar-refractivity contribution in [3.8, 4) is 0 Å². The smallest absolute Gasteiger partial charge is 0.407 e. The Bertz CT molecular complexity index is 227. The predicted octanol–water partition coefficient (Wildman–Crippen LogP) is 3.29. The maximum absolute atomic E-state index is 11.5. The average Bonchev–Trinajstić information content (AvgIpc) is 2.16. The molecular weight excluding hydrogens is 202 g/mol. The Morgan fingerprint density at radius 2 is 1.88 bits per heavy atom. The van der Waals surface area contributed by atoms with Crippen LogP contribution in [0.2, 0.25) is 0 Å². The second-order valence-electron chi connectivity index (χ2n) is 5.65. The van der Waals surface area contributed by atoms with Crippen molar-refractivity contribution in [1.82, 2.24) is 5.32 Å². The van der Waals surface area contributed by atoms with Gasteiger partial charge in [0.2, 0.25) is 0 Å². The second-order valence-corrected chi connectivity index (χ2v) is 5.65. The van der Waals surface area contributed by atoms with Crippen LogP contribution in [0.4, 0.5) is 4.79 Å². The SMILES string of the molecule is [CH2]C(NC(=O)OC(C)(C)C)C1CCCCC1. The first-order chi connectivity index (χ1) is 7.38. The molecule has 1 radical (unpaired) electrons. The molecule has 1 fully saturated rings. The van der Waals surface area contributed by atoms with Crippen molar-refractivity contribution in [1.29, 1.82) is 0 Å². The molecule has 0 aromatic rings. The van der Waals surface area contributed by atoms with Crippen LogP contribution in [-0.2, 0) is 4.74 Å². The third kappa shape index (κ3) is 4.86. The van der Waals surface area contributed by atoms with Gasteiger partial charge in [0.05, 0.1) is 0 Å². The first-order valence-electron chi connectivity index (χ1n) is 6.21. The van der Waals surface area contributed by atoms with Crippen LogP contribution in [0.3, 0.4) is 0 Å². The maximum atomic E-state index is 11.5. The fourth-order valence-corrected chi connectivity index (χ4v) is 2.11. The van der Waals surface area contributed by atoms with E-state index in [0.717, 1.165) is 0 Å². The zero-order valence-corrected chi connectivity index (χ0v) is 10.7. The zero-order chi connectivity index (χ0) is 12.2. The fraction of sp³-hybridized carbons (Fsp3) is 0.846. The first kappa shape index (κ1) is 13.3. The van der Waals surface area contributed by atoms with Gasteiger partial charge in [0, 0.05) is 6.04 Å². The molecule has 93 valence electrons. The molecule has 0 saturated heterocycles. The van der Waals surface area contributed by atoms with Gasteiger partial charge in [-0.2, -0.15) is 0 Å². The van der Waals surface area contributed by atoms with Crippen molar-refractivity contribution < 1.29 is 9.53 Å². The molecule has 0 spiro atoms. The van der Waals surface area contributed by atoms with E-state index in [4.69, 9.17) is 4.74 Å². The highest BCUT2D eigenvalue weighted by Gasteiger charge is 2.23. The van der Waals surface area contributed by atoms with Gasteiger partial charge in [-0.3, -0.25) is 0 Å². The standard InChI is InChI=1S/C13H24NO2/c1-10(11-8-6-5-7-9-11)14-12(15)16-13(2,3)4/h10-11H,1,5-9H2,2-4H3,(H,14,15). The van der Waals surface area contributed by atoms with Crippen LogP contribution in [-0.4, -0.2) is 17.7 Å². The molecule has 1 aliphatic rings. The fourth-order valence-electron chi connectivity index (χ4n) is 2.11. The third-order valence-electron chi connectivity index (χ3n) is 2.92. The third-order valence-corrected chi connectivity index (χ3v) is 2.92. The molecule has 0 aliphatic heterocycles. The van der Waals surface area contributed by atoms with Crippen LogP contribution >= 0.6 is 0 Å². The van der Waals surface area contributed by atoms with E-state index < -0.39 is 5.60 Å². The first-order valence-corrected chi connectivity index (χ1v) is 6.21. The molecule has 1 aliphatic carbocycles. The average molecular weight is 226 g/mol. The normalized spacial score (nSPS) is 20.2. The number of carbonyl (C=O) groups excluding carboxylic acids is 1. The minimum Gasteiger partial charge on any atom is -0.444 e. The molecule has 1 unspecified atom stereocenters. The lowest BCUT2D eigenvalue weighted by Gasteiger charge is -2.29. The molecular formula is C13H24NO2. The second kappa shape index (κ2) is 5.55. The van der Waals surface area contributed by atoms with Crippen LogP contribution < -0.4 is 5.32 Å². The molecule has 0 bridgehead atoms. The Balaban J connectivity index is 2.32. The largest absolute Gasteiger partial charge is 0.444 e. The molecule has 1 atom stereocenters. The van der Waals surface area contributed by atoms with Crippen LogP contribution in [0.1, 0.15) is 52.9 Å². The van der Waals surface area contributed by atoms with Gasteiger partial charge in [0.25, 0.3) is 0 Å². The molecule has 1 N–H and O–H groups in total. The van der Waals surface area contributed by atoms with Crippen molar-refractivity contribution in [2.24, 2.45) is 5.92 Å². The highest BCUT2D eigenvalue weighted by atomic mass is 16.6. The highest BCUT2D eigenvalue weighted by Crippen LogP contribution is 2.26. The van der Waals surface area contributed by atoms with Crippen LogP contribution in [0.5, 0.6) is 0 Å². The van der Waals surface area contributed by atoms with Crippen molar-refractivity contribution >= 4 is 6.09 Å². The molecule has 16 heavy (non-hydrogen) atoms. The molecule has 0 aromatic heterocycles. The monoisotopic (exact) mass is 226 g/mol. The summed E-state index contributed by atoms with van der Waals surface area (Å²) in [7, 11) is 0. The van der Waals surface area contributed by atoms with Gasteiger partial charge in [-0.25, -0.2) is 4.79 Å². The van der Waals surface area contributed by atoms with Gasteiger partial charge in [0.15, 0.2) is 0 Å². The molecule has 3 nitrogen and oxygen atoms in total. The Morgan fingerprint density at radius 3 is 2.38 bits per heavy atom. The maximum Gasteiger partial charge on any atom is 0.407 e. The summed E-state index contributed by atoms with van der Waals surface area (Å²) in [6.45, 7) is 9.62. The van der Waals surface area contributed by atoms with Crippen LogP contribution in [0.15, 0.2) is 0 Å². The van der Waals surface area contributed by atoms with E-state index >= 15 is 0 Å². The number of ether oxygens (including phenoxy) is 1. The molecule has 3 heteroatoms. The van der Waals surface area contributed by atoms with Crippen molar-refractivity contribution in [3.05, 3.63) is 6.92 Å². The number of hydrogen-bond acceptors (Lipinski definition) is 2. The predicted molar refractivity (Wildman–Crippen MR) is 65.1 cm³/mol. The summed E-state index contributed by atoms with van der Waals surface area (Å²) in [5.74, 6) is 0.515. The minimum atomic E-state index is -0.434. The summed E-state index contributed by atoms with van der Waals surface area (Å²) >= 11 is 0. The summed E-state index contributed by atoms with van der Waals surface area (Å²) in [6, 6.07) is -0.0184. The molecule has 1 rings (SSSR count). The number of nitrogens with one attached hydrogen (secondary N) is 1. The lowest BCUT2D eigenvalue weighted by molar-refractivity contribution is 0.0493. The van der Waals surface area contributed by atoms with Gasteiger partial charge < -0.3 is 10.1 Å². The van der Waals surface area contributed by atoms with E-state index in [1.807, 2.05) is 20.8 Å². The highest BCUT2D eigenvalue weighted by molar-refractivity contribution is 5.68. The lowest BCUT2D eigenvalue weighted by atomic mass is 9.85. The number of carbonyl (C=O) groups is 1. The van der Waals surface area contributed by atoms with E-state index in [2.05, 4.69) is 12.2 Å². The number of amides is 1. The Labute approximate surface area is 98.9 Å². The lowest BCUT2D eigenvalue weighted by Crippen LogP contribution is -2.42. The van der Waals surface area contributed by atoms with Crippen molar-refractivity contribution in [2.75, 3.05) is 0 Å². The van der Waals surface area contributed by atoms with E-state index in [9.17, 15) is 4.79 Å². The van der Waals surface area contributed by atoms with Gasteiger partial charge in [-0.1, -0.05) is 19.3 Å². The van der Waals surface area contributed by atoms with E-state index in [1.54, 1.807) is 0 Å². The summed E-state index contributed by atoms with van der Waals surface area (Å²) in [5, 5.41) is 2.83. The molecule has 1 saturated carbocycles. The summed E-state index contributed by atoms with van der Waals surface area (Å²) in [5.41, 5.74) is -0.434. The van der Waals surface area contributed by atoms with Crippen LogP contribution in [0.25, 0.3) is 0 Å². The molecule has 1 amide bonds. The number of rotatable bonds is 2. The summed E-state index contributed by atoms with van der Waals surface area (Å²) < 4.78 is 5.21. The van der Waals surface area contributed by atoms with Gasteiger partial charge in [0.1, 0.15) is 5.60 Å². The minimum absolute atomic E-state index is 0.0184. The molecule has 0 heterocycles. The van der Waals surface area contributed by atoms with Gasteiger partial charge >= 0.3 is 6.09 Å². The van der Waals surface area contributed by atoms with Crippen molar-refractivity contribution in [3.63, 3.8) is 0 Å². The summed E-state index contributed by atoms with van der Waals surface area (Å²) in [6.07, 6.45) is 5.82. The van der Waals surface area contributed by atoms with E-state index in [1.165, 1.54) is 32.1 Å². The number of alkyl carbamates (subject to hydrolysis) is 1. The van der Waals surface area contributed by atoms with Gasteiger partial charge in [-0.15, -0.1) is 0 Å². The number of hydrogen-bond donors (Lipinski definition) is 1. The van der Waals surface area contributed by atoms with Crippen LogP contribution in [0, 0.1) is 12.8 Å². The Morgan fingerprint density at radius 1 is 1.31 bits per heavy atom. The molecule has 0 aromatic carbocycles. The van der Waals surface area contributed by atoms with E-state index in [0.29, 0.717) is 5.92 Å². The van der Waals surface area contributed by atoms with Gasteiger partial charge in [-0.05, 0) is 46.5 Å². The Hall–Kier alpha value is -0.730. The summed E-state index contributed by atoms with van der Waals surface area (Å²) in [4.78, 5) is 11.5. The van der Waals surface area contributed by atoms with E-state index in [-0.39, 0.29) is 12.1 Å².